The molecule has 4 nitrogen and oxygen atoms in total. The molecule has 1 aliphatic rings. The molecule has 2 rings (SSSR count). The molecular formula is C17H22F2N2O2. The standard InChI is InChI=1S/C17H22F2N2O2/c1-5-21(4)10-20-15-7-11(2)14(6-12(15)3)16(22)23-9-13-8-17(13,18)19/h6-7,10,13H,5,8-9H2,1-4H3. The Morgan fingerprint density at radius 1 is 1.43 bits per heavy atom. The lowest BCUT2D eigenvalue weighted by Crippen LogP contribution is -2.14. The number of aryl methyl sites for hydroxylation is 2. The normalized spacial score (nSPS) is 19.0. The van der Waals surface area contributed by atoms with Crippen molar-refractivity contribution in [3.63, 3.8) is 0 Å². The molecule has 6 heteroatoms. The van der Waals surface area contributed by atoms with Crippen LogP contribution in [0.25, 0.3) is 0 Å². The van der Waals surface area contributed by atoms with Crippen LogP contribution in [0.1, 0.15) is 34.8 Å². The summed E-state index contributed by atoms with van der Waals surface area (Å²) in [5.41, 5.74) is 2.72. The zero-order chi connectivity index (χ0) is 17.2. The van der Waals surface area contributed by atoms with Crippen molar-refractivity contribution in [2.45, 2.75) is 33.1 Å². The van der Waals surface area contributed by atoms with Gasteiger partial charge in [-0.15, -0.1) is 0 Å². The molecule has 1 atom stereocenters. The van der Waals surface area contributed by atoms with E-state index in [-0.39, 0.29) is 13.0 Å². The Labute approximate surface area is 135 Å². The van der Waals surface area contributed by atoms with Crippen molar-refractivity contribution in [2.75, 3.05) is 20.2 Å². The third-order valence-corrected chi connectivity index (χ3v) is 4.03. The van der Waals surface area contributed by atoms with E-state index in [1.165, 1.54) is 0 Å². The summed E-state index contributed by atoms with van der Waals surface area (Å²) in [6.45, 7) is 6.27. The SMILES string of the molecule is CCN(C)C=Nc1cc(C)c(C(=O)OCC2CC2(F)F)cc1C. The van der Waals surface area contributed by atoms with E-state index in [0.29, 0.717) is 5.56 Å². The third kappa shape index (κ3) is 4.27. The van der Waals surface area contributed by atoms with Gasteiger partial charge in [0.2, 0.25) is 0 Å². The van der Waals surface area contributed by atoms with Crippen molar-refractivity contribution in [1.29, 1.82) is 0 Å². The first kappa shape index (κ1) is 17.4. The number of benzene rings is 1. The van der Waals surface area contributed by atoms with Crippen molar-refractivity contribution in [2.24, 2.45) is 10.9 Å². The fourth-order valence-electron chi connectivity index (χ4n) is 2.11. The number of nitrogens with zero attached hydrogens (tertiary/aromatic N) is 2. The van der Waals surface area contributed by atoms with Gasteiger partial charge in [-0.2, -0.15) is 0 Å². The number of rotatable bonds is 6. The van der Waals surface area contributed by atoms with E-state index in [2.05, 4.69) is 4.99 Å². The predicted molar refractivity (Wildman–Crippen MR) is 85.7 cm³/mol. The largest absolute Gasteiger partial charge is 0.462 e. The number of esters is 1. The second-order valence-electron chi connectivity index (χ2n) is 6.03. The first-order valence-corrected chi connectivity index (χ1v) is 7.65. The number of hydrogen-bond donors (Lipinski definition) is 0. The second kappa shape index (κ2) is 6.64. The van der Waals surface area contributed by atoms with Crippen molar-refractivity contribution in [3.8, 4) is 0 Å². The highest BCUT2D eigenvalue weighted by molar-refractivity contribution is 5.92. The molecular weight excluding hydrogens is 302 g/mol. The quantitative estimate of drug-likeness (QED) is 0.455. The Hall–Kier alpha value is -1.98. The molecule has 0 amide bonds. The number of aliphatic imine (C=N–C) groups is 1. The highest BCUT2D eigenvalue weighted by Crippen LogP contribution is 2.48. The summed E-state index contributed by atoms with van der Waals surface area (Å²) in [5, 5.41) is 0. The van der Waals surface area contributed by atoms with Crippen molar-refractivity contribution < 1.29 is 18.3 Å². The molecule has 1 unspecified atom stereocenters. The molecule has 0 bridgehead atoms. The summed E-state index contributed by atoms with van der Waals surface area (Å²) < 4.78 is 30.6. The van der Waals surface area contributed by atoms with Crippen LogP contribution in [-0.4, -0.2) is 43.3 Å². The van der Waals surface area contributed by atoms with Crippen molar-refractivity contribution in [3.05, 3.63) is 28.8 Å². The molecule has 126 valence electrons. The van der Waals surface area contributed by atoms with E-state index in [0.717, 1.165) is 23.4 Å². The lowest BCUT2D eigenvalue weighted by Gasteiger charge is -2.11. The van der Waals surface area contributed by atoms with E-state index < -0.39 is 17.8 Å². The van der Waals surface area contributed by atoms with Crippen LogP contribution in [0.2, 0.25) is 0 Å². The summed E-state index contributed by atoms with van der Waals surface area (Å²) in [6.07, 6.45) is 1.53. The van der Waals surface area contributed by atoms with E-state index in [9.17, 15) is 13.6 Å². The van der Waals surface area contributed by atoms with Gasteiger partial charge in [-0.25, -0.2) is 18.6 Å². The number of carbonyl (C=O) groups is 1. The summed E-state index contributed by atoms with van der Waals surface area (Å²) in [6, 6.07) is 3.50. The summed E-state index contributed by atoms with van der Waals surface area (Å²) in [5.74, 6) is -4.06. The minimum Gasteiger partial charge on any atom is -0.462 e. The van der Waals surface area contributed by atoms with E-state index >= 15 is 0 Å². The number of carbonyl (C=O) groups excluding carboxylic acids is 1. The molecule has 1 fully saturated rings. The maximum absolute atomic E-state index is 12.8. The molecule has 0 aliphatic heterocycles. The second-order valence-corrected chi connectivity index (χ2v) is 6.03. The van der Waals surface area contributed by atoms with E-state index in [4.69, 9.17) is 4.74 Å². The van der Waals surface area contributed by atoms with Gasteiger partial charge in [0.25, 0.3) is 5.92 Å². The monoisotopic (exact) mass is 324 g/mol. The minimum atomic E-state index is -2.67. The molecule has 1 saturated carbocycles. The number of ether oxygens (including phenoxy) is 1. The first-order valence-electron chi connectivity index (χ1n) is 7.65. The van der Waals surface area contributed by atoms with Gasteiger partial charge in [-0.3, -0.25) is 0 Å². The predicted octanol–water partition coefficient (Wildman–Crippen LogP) is 3.73. The average Bonchev–Trinajstić information content (AvgIpc) is 3.12. The number of alkyl halides is 2. The van der Waals surface area contributed by atoms with Crippen LogP contribution in [0.15, 0.2) is 17.1 Å². The van der Waals surface area contributed by atoms with Gasteiger partial charge in [0.15, 0.2) is 0 Å². The average molecular weight is 324 g/mol. The van der Waals surface area contributed by atoms with Crippen LogP contribution < -0.4 is 0 Å². The van der Waals surface area contributed by atoms with Gasteiger partial charge in [0.05, 0.1) is 23.5 Å². The molecule has 0 spiro atoms. The van der Waals surface area contributed by atoms with Gasteiger partial charge >= 0.3 is 5.97 Å². The molecule has 0 heterocycles. The first-order chi connectivity index (χ1) is 10.7. The zero-order valence-corrected chi connectivity index (χ0v) is 13.9. The maximum Gasteiger partial charge on any atom is 0.338 e. The summed E-state index contributed by atoms with van der Waals surface area (Å²) in [7, 11) is 1.92. The van der Waals surface area contributed by atoms with Crippen LogP contribution in [-0.2, 0) is 4.74 Å². The van der Waals surface area contributed by atoms with Crippen LogP contribution in [0.4, 0.5) is 14.5 Å². The maximum atomic E-state index is 12.8. The van der Waals surface area contributed by atoms with Gasteiger partial charge < -0.3 is 9.64 Å². The zero-order valence-electron chi connectivity index (χ0n) is 13.9. The Balaban J connectivity index is 2.06. The lowest BCUT2D eigenvalue weighted by atomic mass is 10.0. The molecule has 0 radical (unpaired) electrons. The third-order valence-electron chi connectivity index (χ3n) is 4.03. The lowest BCUT2D eigenvalue weighted by molar-refractivity contribution is 0.0367. The Kier molecular flexibility index (Phi) is 5.02. The Morgan fingerprint density at radius 2 is 2.09 bits per heavy atom. The van der Waals surface area contributed by atoms with Crippen LogP contribution in [0, 0.1) is 19.8 Å². The van der Waals surface area contributed by atoms with Crippen molar-refractivity contribution in [1.82, 2.24) is 4.90 Å². The Morgan fingerprint density at radius 3 is 2.65 bits per heavy atom. The molecule has 0 N–H and O–H groups in total. The molecule has 1 aliphatic carbocycles. The number of hydrogen-bond acceptors (Lipinski definition) is 3. The van der Waals surface area contributed by atoms with E-state index in [1.807, 2.05) is 25.8 Å². The summed E-state index contributed by atoms with van der Waals surface area (Å²) in [4.78, 5) is 18.4. The molecule has 1 aromatic rings. The molecule has 23 heavy (non-hydrogen) atoms. The van der Waals surface area contributed by atoms with Gasteiger partial charge in [-0.05, 0) is 44.0 Å². The highest BCUT2D eigenvalue weighted by atomic mass is 19.3. The van der Waals surface area contributed by atoms with Gasteiger partial charge in [0, 0.05) is 20.0 Å². The van der Waals surface area contributed by atoms with Crippen LogP contribution >= 0.6 is 0 Å². The summed E-state index contributed by atoms with van der Waals surface area (Å²) >= 11 is 0. The van der Waals surface area contributed by atoms with Gasteiger partial charge in [0.1, 0.15) is 6.61 Å². The molecule has 0 aromatic heterocycles. The molecule has 1 aromatic carbocycles. The fraction of sp³-hybridized carbons (Fsp3) is 0.529. The van der Waals surface area contributed by atoms with Crippen LogP contribution in [0.3, 0.4) is 0 Å². The van der Waals surface area contributed by atoms with Crippen molar-refractivity contribution >= 4 is 18.0 Å². The fourth-order valence-corrected chi connectivity index (χ4v) is 2.11. The topological polar surface area (TPSA) is 41.9 Å². The molecule has 0 saturated heterocycles. The smallest absolute Gasteiger partial charge is 0.338 e. The Bertz CT molecular complexity index is 629. The highest BCUT2D eigenvalue weighted by Gasteiger charge is 2.57. The van der Waals surface area contributed by atoms with Crippen LogP contribution in [0.5, 0.6) is 0 Å². The van der Waals surface area contributed by atoms with E-state index in [1.54, 1.807) is 25.4 Å². The number of halogens is 2. The van der Waals surface area contributed by atoms with Gasteiger partial charge in [-0.1, -0.05) is 0 Å². The minimum absolute atomic E-state index is 0.198.